The number of carbonyl (C=O) groups is 1. The van der Waals surface area contributed by atoms with Crippen LogP contribution in [0.1, 0.15) is 18.4 Å². The molecule has 1 unspecified atom stereocenters. The number of aromatic nitrogens is 3. The monoisotopic (exact) mass is 423 g/mol. The highest BCUT2D eigenvalue weighted by Crippen LogP contribution is 2.35. The molecule has 0 spiro atoms. The molecule has 1 aliphatic carbocycles. The average molecular weight is 424 g/mol. The van der Waals surface area contributed by atoms with E-state index < -0.39 is 12.0 Å². The number of aliphatic hydroxyl groups excluding tert-OH is 1. The van der Waals surface area contributed by atoms with E-state index in [1.165, 1.54) is 6.33 Å². The number of hydrogen-bond donors (Lipinski definition) is 3. The van der Waals surface area contributed by atoms with Crippen molar-refractivity contribution in [2.24, 2.45) is 7.05 Å². The molecule has 8 heteroatoms. The number of hydrogen-bond acceptors (Lipinski definition) is 5. The number of nitrogens with two attached hydrogens (primary N) is 1. The Morgan fingerprint density at radius 2 is 2.13 bits per heavy atom. The molecule has 0 saturated carbocycles. The number of aryl methyl sites for hydroxylation is 2. The zero-order valence-corrected chi connectivity index (χ0v) is 17.4. The zero-order chi connectivity index (χ0) is 21.4. The van der Waals surface area contributed by atoms with E-state index in [0.29, 0.717) is 28.5 Å². The smallest absolute Gasteiger partial charge is 0.257 e. The molecule has 154 valence electrons. The molecule has 0 saturated heterocycles. The summed E-state index contributed by atoms with van der Waals surface area (Å²) >= 11 is 6.17. The van der Waals surface area contributed by atoms with Gasteiger partial charge in [0.15, 0.2) is 6.10 Å². The number of fused-ring (bicyclic) bond motifs is 1. The number of anilines is 2. The summed E-state index contributed by atoms with van der Waals surface area (Å²) in [6.07, 6.45) is 7.13. The molecule has 7 nitrogen and oxygen atoms in total. The molecule has 30 heavy (non-hydrogen) atoms. The molecule has 1 aliphatic rings. The number of rotatable bonds is 4. The fraction of sp³-hybridized carbons (Fsp3) is 0.227. The molecule has 0 radical (unpaired) electrons. The Kier molecular flexibility index (Phi) is 5.32. The van der Waals surface area contributed by atoms with Gasteiger partial charge in [0.2, 0.25) is 0 Å². The van der Waals surface area contributed by atoms with Crippen LogP contribution in [0.3, 0.4) is 0 Å². The summed E-state index contributed by atoms with van der Waals surface area (Å²) in [4.78, 5) is 20.9. The van der Waals surface area contributed by atoms with Gasteiger partial charge in [0.25, 0.3) is 5.91 Å². The van der Waals surface area contributed by atoms with Crippen LogP contribution in [0, 0.1) is 6.92 Å². The van der Waals surface area contributed by atoms with Crippen LogP contribution in [0.5, 0.6) is 0 Å². The Hall–Kier alpha value is -3.16. The minimum absolute atomic E-state index is 0.418. The first-order chi connectivity index (χ1) is 14.4. The van der Waals surface area contributed by atoms with E-state index >= 15 is 0 Å². The second-order valence-electron chi connectivity index (χ2n) is 7.33. The molecule has 2 aromatic heterocycles. The highest BCUT2D eigenvalue weighted by molar-refractivity contribution is 6.30. The normalized spacial score (nSPS) is 14.9. The van der Waals surface area contributed by atoms with Crippen molar-refractivity contribution in [3.8, 4) is 11.1 Å². The number of amides is 1. The van der Waals surface area contributed by atoms with Gasteiger partial charge < -0.3 is 20.7 Å². The number of halogens is 1. The van der Waals surface area contributed by atoms with E-state index in [0.717, 1.165) is 34.1 Å². The second-order valence-corrected chi connectivity index (χ2v) is 7.79. The lowest BCUT2D eigenvalue weighted by molar-refractivity contribution is -0.122. The Morgan fingerprint density at radius 1 is 1.33 bits per heavy atom. The van der Waals surface area contributed by atoms with Gasteiger partial charge in [0, 0.05) is 35.1 Å². The van der Waals surface area contributed by atoms with Gasteiger partial charge in [-0.1, -0.05) is 29.8 Å². The molecule has 3 aromatic rings. The minimum atomic E-state index is -1.32. The van der Waals surface area contributed by atoms with Crippen LogP contribution >= 0.6 is 11.6 Å². The van der Waals surface area contributed by atoms with E-state index in [1.807, 2.05) is 42.9 Å². The molecule has 0 aliphatic heterocycles. The fourth-order valence-electron chi connectivity index (χ4n) is 3.73. The standard InChI is InChI=1S/C22H22ClN5O2/c1-12-9-13(27-22(30)19(29)15-5-3-4-6-17(15)23)7-8-14(12)16-10-28(2)21-18(16)20(24)25-11-26-21/h3,5,7-11,19,29H,4,6H2,1-2H3,(H,27,30)(H2,24,25,26). The van der Waals surface area contributed by atoms with Gasteiger partial charge in [-0.25, -0.2) is 9.97 Å². The largest absolute Gasteiger partial charge is 0.383 e. The summed E-state index contributed by atoms with van der Waals surface area (Å²) in [7, 11) is 1.91. The summed E-state index contributed by atoms with van der Waals surface area (Å²) in [5.41, 5.74) is 10.7. The second kappa shape index (κ2) is 7.93. The predicted molar refractivity (Wildman–Crippen MR) is 119 cm³/mol. The quantitative estimate of drug-likeness (QED) is 0.593. The van der Waals surface area contributed by atoms with Crippen LogP contribution in [0.2, 0.25) is 0 Å². The predicted octanol–water partition coefficient (Wildman–Crippen LogP) is 3.67. The number of nitrogens with one attached hydrogen (secondary N) is 1. The van der Waals surface area contributed by atoms with Crippen molar-refractivity contribution < 1.29 is 9.90 Å². The summed E-state index contributed by atoms with van der Waals surface area (Å²) in [5.74, 6) is -0.106. The molecule has 4 rings (SSSR count). The first-order valence-electron chi connectivity index (χ1n) is 9.57. The van der Waals surface area contributed by atoms with Crippen molar-refractivity contribution in [2.45, 2.75) is 25.9 Å². The number of aliphatic hydroxyl groups is 1. The highest BCUT2D eigenvalue weighted by atomic mass is 35.5. The summed E-state index contributed by atoms with van der Waals surface area (Å²) < 4.78 is 1.91. The van der Waals surface area contributed by atoms with Gasteiger partial charge in [-0.05, 0) is 43.0 Å². The van der Waals surface area contributed by atoms with Gasteiger partial charge in [-0.15, -0.1) is 0 Å². The third-order valence-corrected chi connectivity index (χ3v) is 5.66. The zero-order valence-electron chi connectivity index (χ0n) is 16.7. The van der Waals surface area contributed by atoms with Crippen molar-refractivity contribution >= 4 is 40.0 Å². The van der Waals surface area contributed by atoms with Crippen LogP contribution < -0.4 is 11.1 Å². The summed E-state index contributed by atoms with van der Waals surface area (Å²) in [6, 6.07) is 5.55. The van der Waals surface area contributed by atoms with E-state index in [9.17, 15) is 9.90 Å². The number of nitrogens with zero attached hydrogens (tertiary/aromatic N) is 3. The fourth-order valence-corrected chi connectivity index (χ4v) is 4.00. The Morgan fingerprint density at radius 3 is 2.87 bits per heavy atom. The first kappa shape index (κ1) is 20.1. The number of carbonyl (C=O) groups excluding carboxylic acids is 1. The number of allylic oxidation sites excluding steroid dienone is 2. The molecule has 1 atom stereocenters. The van der Waals surface area contributed by atoms with Crippen molar-refractivity contribution in [1.29, 1.82) is 0 Å². The molecule has 0 fully saturated rings. The SMILES string of the molecule is Cc1cc(NC(=O)C(O)C2=C(Cl)CCC=C2)ccc1-c1cn(C)c2ncnc(N)c12. The summed E-state index contributed by atoms with van der Waals surface area (Å²) in [5, 5.41) is 14.5. The van der Waals surface area contributed by atoms with Crippen LogP contribution in [-0.4, -0.2) is 31.7 Å². The lowest BCUT2D eigenvalue weighted by Gasteiger charge is -2.17. The Bertz CT molecular complexity index is 1210. The third kappa shape index (κ3) is 3.58. The van der Waals surface area contributed by atoms with E-state index in [2.05, 4.69) is 15.3 Å². The van der Waals surface area contributed by atoms with Crippen LogP contribution in [-0.2, 0) is 11.8 Å². The van der Waals surface area contributed by atoms with Gasteiger partial charge in [0.1, 0.15) is 17.8 Å². The molecular formula is C22H22ClN5O2. The average Bonchev–Trinajstić information content (AvgIpc) is 3.05. The first-order valence-corrected chi connectivity index (χ1v) is 9.95. The summed E-state index contributed by atoms with van der Waals surface area (Å²) in [6.45, 7) is 1.95. The Labute approximate surface area is 178 Å². The molecule has 4 N–H and O–H groups in total. The van der Waals surface area contributed by atoms with Gasteiger partial charge in [0.05, 0.1) is 5.39 Å². The van der Waals surface area contributed by atoms with E-state index in [4.69, 9.17) is 17.3 Å². The molecule has 1 amide bonds. The van der Waals surface area contributed by atoms with E-state index in [-0.39, 0.29) is 0 Å². The molecule has 0 bridgehead atoms. The Balaban J connectivity index is 1.62. The van der Waals surface area contributed by atoms with Crippen molar-refractivity contribution in [3.05, 3.63) is 59.0 Å². The maximum Gasteiger partial charge on any atom is 0.257 e. The van der Waals surface area contributed by atoms with Crippen molar-refractivity contribution in [1.82, 2.24) is 14.5 Å². The van der Waals surface area contributed by atoms with Crippen molar-refractivity contribution in [3.63, 3.8) is 0 Å². The van der Waals surface area contributed by atoms with Gasteiger partial charge in [-0.2, -0.15) is 0 Å². The van der Waals surface area contributed by atoms with Crippen molar-refractivity contribution in [2.75, 3.05) is 11.1 Å². The molecule has 1 aromatic carbocycles. The van der Waals surface area contributed by atoms with E-state index in [1.54, 1.807) is 12.1 Å². The maximum absolute atomic E-state index is 12.5. The third-order valence-electron chi connectivity index (χ3n) is 5.25. The lowest BCUT2D eigenvalue weighted by atomic mass is 9.99. The van der Waals surface area contributed by atoms with Gasteiger partial charge >= 0.3 is 0 Å². The lowest BCUT2D eigenvalue weighted by Crippen LogP contribution is -2.29. The molecule has 2 heterocycles. The van der Waals surface area contributed by atoms with Crippen LogP contribution in [0.4, 0.5) is 11.5 Å². The highest BCUT2D eigenvalue weighted by Gasteiger charge is 2.23. The minimum Gasteiger partial charge on any atom is -0.383 e. The van der Waals surface area contributed by atoms with Gasteiger partial charge in [-0.3, -0.25) is 4.79 Å². The number of nitrogen functional groups attached to an aromatic ring is 1. The van der Waals surface area contributed by atoms with Crippen LogP contribution in [0.15, 0.2) is 53.5 Å². The maximum atomic E-state index is 12.5. The molecular weight excluding hydrogens is 402 g/mol. The topological polar surface area (TPSA) is 106 Å². The van der Waals surface area contributed by atoms with Crippen LogP contribution in [0.25, 0.3) is 22.2 Å². The number of benzene rings is 1.